The van der Waals surface area contributed by atoms with Crippen LogP contribution in [0.1, 0.15) is 20.8 Å². The molecule has 7 heteroatoms. The lowest BCUT2D eigenvalue weighted by atomic mass is 10.4. The van der Waals surface area contributed by atoms with E-state index in [0.29, 0.717) is 39.3 Å². The molecule has 0 saturated carbocycles. The number of nitrogens with one attached hydrogen (secondary N) is 3. The quantitative estimate of drug-likeness (QED) is 0.486. The van der Waals surface area contributed by atoms with Gasteiger partial charge in [-0.15, -0.1) is 0 Å². The summed E-state index contributed by atoms with van der Waals surface area (Å²) < 4.78 is 0. The van der Waals surface area contributed by atoms with E-state index in [-0.39, 0.29) is 17.7 Å². The van der Waals surface area contributed by atoms with Crippen molar-refractivity contribution in [2.75, 3.05) is 39.3 Å². The number of amides is 3. The van der Waals surface area contributed by atoms with Crippen molar-refractivity contribution in [3.8, 4) is 0 Å². The monoisotopic (exact) mass is 272 g/mol. The van der Waals surface area contributed by atoms with Gasteiger partial charge in [0, 0.05) is 60.0 Å². The Labute approximate surface area is 114 Å². The van der Waals surface area contributed by atoms with Crippen LogP contribution < -0.4 is 16.0 Å². The van der Waals surface area contributed by atoms with Gasteiger partial charge < -0.3 is 16.0 Å². The van der Waals surface area contributed by atoms with E-state index in [1.54, 1.807) is 0 Å². The number of hydrogen-bond donors (Lipinski definition) is 3. The molecule has 0 radical (unpaired) electrons. The molecule has 0 aliphatic rings. The topological polar surface area (TPSA) is 90.5 Å². The Morgan fingerprint density at radius 1 is 0.684 bits per heavy atom. The molecule has 7 nitrogen and oxygen atoms in total. The number of nitrogens with zero attached hydrogens (tertiary/aromatic N) is 1. The molecule has 0 aromatic carbocycles. The average Bonchev–Trinajstić information content (AvgIpc) is 2.26. The van der Waals surface area contributed by atoms with Crippen molar-refractivity contribution in [1.82, 2.24) is 20.9 Å². The molecular formula is C12H24N4O3. The van der Waals surface area contributed by atoms with E-state index in [0.717, 1.165) is 0 Å². The van der Waals surface area contributed by atoms with Crippen LogP contribution >= 0.6 is 0 Å². The summed E-state index contributed by atoms with van der Waals surface area (Å²) in [6, 6.07) is 0. The highest BCUT2D eigenvalue weighted by Gasteiger charge is 2.05. The molecule has 0 aromatic heterocycles. The highest BCUT2D eigenvalue weighted by atomic mass is 16.2. The Hall–Kier alpha value is -1.63. The summed E-state index contributed by atoms with van der Waals surface area (Å²) in [5.41, 5.74) is 0. The fourth-order valence-corrected chi connectivity index (χ4v) is 1.51. The average molecular weight is 272 g/mol. The van der Waals surface area contributed by atoms with Crippen LogP contribution in [-0.2, 0) is 14.4 Å². The molecule has 19 heavy (non-hydrogen) atoms. The molecule has 110 valence electrons. The normalized spacial score (nSPS) is 10.1. The Morgan fingerprint density at radius 3 is 1.16 bits per heavy atom. The maximum Gasteiger partial charge on any atom is 0.216 e. The Bertz CT molecular complexity index is 260. The van der Waals surface area contributed by atoms with Gasteiger partial charge in [0.05, 0.1) is 0 Å². The lowest BCUT2D eigenvalue weighted by Gasteiger charge is -2.22. The molecule has 0 aliphatic carbocycles. The minimum Gasteiger partial charge on any atom is -0.355 e. The number of carbonyl (C=O) groups is 3. The van der Waals surface area contributed by atoms with E-state index in [1.165, 1.54) is 20.8 Å². The van der Waals surface area contributed by atoms with Crippen LogP contribution in [0.3, 0.4) is 0 Å². The van der Waals surface area contributed by atoms with Gasteiger partial charge in [-0.1, -0.05) is 0 Å². The van der Waals surface area contributed by atoms with Crippen LogP contribution in [0.15, 0.2) is 0 Å². The van der Waals surface area contributed by atoms with Crippen LogP contribution in [0.2, 0.25) is 0 Å². The van der Waals surface area contributed by atoms with Gasteiger partial charge in [-0.2, -0.15) is 0 Å². The maximum absolute atomic E-state index is 10.8. The SMILES string of the molecule is CC(=O)NCCN(CCNC(C)=O)CCNC(C)=O. The number of carbonyl (C=O) groups excluding carboxylic acids is 3. The van der Waals surface area contributed by atoms with Gasteiger partial charge in [-0.3, -0.25) is 19.3 Å². The maximum atomic E-state index is 10.8. The first-order chi connectivity index (χ1) is 8.91. The van der Waals surface area contributed by atoms with Crippen molar-refractivity contribution in [3.05, 3.63) is 0 Å². The first-order valence-electron chi connectivity index (χ1n) is 6.37. The molecular weight excluding hydrogens is 248 g/mol. The highest BCUT2D eigenvalue weighted by Crippen LogP contribution is 1.86. The van der Waals surface area contributed by atoms with Gasteiger partial charge in [0.25, 0.3) is 0 Å². The first-order valence-corrected chi connectivity index (χ1v) is 6.37. The zero-order valence-electron chi connectivity index (χ0n) is 11.9. The molecule has 3 amide bonds. The van der Waals surface area contributed by atoms with Gasteiger partial charge in [0.2, 0.25) is 17.7 Å². The Balaban J connectivity index is 3.94. The third-order valence-corrected chi connectivity index (χ3v) is 2.41. The van der Waals surface area contributed by atoms with Crippen LogP contribution in [-0.4, -0.2) is 61.9 Å². The summed E-state index contributed by atoms with van der Waals surface area (Å²) >= 11 is 0. The third kappa shape index (κ3) is 12.6. The summed E-state index contributed by atoms with van der Waals surface area (Å²) in [7, 11) is 0. The van der Waals surface area contributed by atoms with E-state index in [9.17, 15) is 14.4 Å². The van der Waals surface area contributed by atoms with Crippen LogP contribution in [0, 0.1) is 0 Å². The van der Waals surface area contributed by atoms with Gasteiger partial charge in [0.15, 0.2) is 0 Å². The Morgan fingerprint density at radius 2 is 0.947 bits per heavy atom. The lowest BCUT2D eigenvalue weighted by Crippen LogP contribution is -2.42. The van der Waals surface area contributed by atoms with Crippen molar-refractivity contribution in [3.63, 3.8) is 0 Å². The molecule has 0 fully saturated rings. The molecule has 0 rings (SSSR count). The molecule has 0 heterocycles. The van der Waals surface area contributed by atoms with Crippen LogP contribution in [0.5, 0.6) is 0 Å². The van der Waals surface area contributed by atoms with E-state index in [1.807, 2.05) is 0 Å². The summed E-state index contributed by atoms with van der Waals surface area (Å²) in [5, 5.41) is 8.16. The van der Waals surface area contributed by atoms with E-state index < -0.39 is 0 Å². The minimum atomic E-state index is -0.0660. The second-order valence-electron chi connectivity index (χ2n) is 4.29. The highest BCUT2D eigenvalue weighted by molar-refractivity contribution is 5.73. The van der Waals surface area contributed by atoms with Crippen molar-refractivity contribution < 1.29 is 14.4 Å². The van der Waals surface area contributed by atoms with Crippen molar-refractivity contribution in [2.24, 2.45) is 0 Å². The van der Waals surface area contributed by atoms with Gasteiger partial charge in [-0.25, -0.2) is 0 Å². The summed E-state index contributed by atoms with van der Waals surface area (Å²) in [6.45, 7) is 8.10. The molecule has 3 N–H and O–H groups in total. The lowest BCUT2D eigenvalue weighted by molar-refractivity contribution is -0.119. The van der Waals surface area contributed by atoms with Gasteiger partial charge >= 0.3 is 0 Å². The van der Waals surface area contributed by atoms with Crippen LogP contribution in [0.4, 0.5) is 0 Å². The van der Waals surface area contributed by atoms with Crippen LogP contribution in [0.25, 0.3) is 0 Å². The van der Waals surface area contributed by atoms with E-state index >= 15 is 0 Å². The van der Waals surface area contributed by atoms with Crippen molar-refractivity contribution in [2.45, 2.75) is 20.8 Å². The number of rotatable bonds is 9. The smallest absolute Gasteiger partial charge is 0.216 e. The second-order valence-corrected chi connectivity index (χ2v) is 4.29. The molecule has 0 aliphatic heterocycles. The predicted molar refractivity (Wildman–Crippen MR) is 72.5 cm³/mol. The van der Waals surface area contributed by atoms with E-state index in [2.05, 4.69) is 20.9 Å². The van der Waals surface area contributed by atoms with Crippen molar-refractivity contribution >= 4 is 17.7 Å². The van der Waals surface area contributed by atoms with Gasteiger partial charge in [0.1, 0.15) is 0 Å². The third-order valence-electron chi connectivity index (χ3n) is 2.41. The molecule has 0 aromatic rings. The fourth-order valence-electron chi connectivity index (χ4n) is 1.51. The zero-order valence-corrected chi connectivity index (χ0v) is 11.9. The summed E-state index contributed by atoms with van der Waals surface area (Å²) in [6.07, 6.45) is 0. The molecule has 0 saturated heterocycles. The van der Waals surface area contributed by atoms with Crippen molar-refractivity contribution in [1.29, 1.82) is 0 Å². The molecule has 0 unspecified atom stereocenters. The largest absolute Gasteiger partial charge is 0.355 e. The molecule has 0 atom stereocenters. The minimum absolute atomic E-state index is 0.0660. The fraction of sp³-hybridized carbons (Fsp3) is 0.750. The van der Waals surface area contributed by atoms with E-state index in [4.69, 9.17) is 0 Å². The predicted octanol–water partition coefficient (Wildman–Crippen LogP) is -1.30. The molecule has 0 bridgehead atoms. The Kier molecular flexibility index (Phi) is 9.42. The van der Waals surface area contributed by atoms with Gasteiger partial charge in [-0.05, 0) is 0 Å². The first kappa shape index (κ1) is 17.4. The zero-order chi connectivity index (χ0) is 14.7. The summed E-state index contributed by atoms with van der Waals surface area (Å²) in [5.74, 6) is -0.198. The summed E-state index contributed by atoms with van der Waals surface area (Å²) in [4.78, 5) is 34.4. The molecule has 0 spiro atoms. The second kappa shape index (κ2) is 10.3. The number of hydrogen-bond acceptors (Lipinski definition) is 4. The standard InChI is InChI=1S/C12H24N4O3/c1-10(17)13-4-7-16(8-5-14-11(2)18)9-6-15-12(3)19/h4-9H2,1-3H3,(H,13,17)(H,14,18)(H,15,19).